The molecule has 1 aromatic carbocycles. The minimum atomic E-state index is -4.59. The topological polar surface area (TPSA) is 98.5 Å². The van der Waals surface area contributed by atoms with E-state index in [2.05, 4.69) is 9.97 Å². The zero-order valence-corrected chi connectivity index (χ0v) is 16.1. The second-order valence-electron chi connectivity index (χ2n) is 6.74. The average Bonchev–Trinajstić information content (AvgIpc) is 2.73. The number of carbonyl (C=O) groups excluding carboxylic acids is 1. The number of alkyl halides is 3. The molecule has 1 saturated heterocycles. The number of nitrogens with zero attached hydrogens (tertiary/aromatic N) is 4. The predicted octanol–water partition coefficient (Wildman–Crippen LogP) is 3.85. The minimum Gasteiger partial charge on any atom is -0.466 e. The monoisotopic (exact) mass is 424 g/mol. The van der Waals surface area contributed by atoms with E-state index in [9.17, 15) is 28.1 Å². The number of anilines is 1. The van der Waals surface area contributed by atoms with Crippen LogP contribution in [-0.2, 0) is 15.7 Å². The van der Waals surface area contributed by atoms with Gasteiger partial charge < -0.3 is 9.64 Å². The van der Waals surface area contributed by atoms with Crippen LogP contribution >= 0.6 is 0 Å². The standard InChI is InChI=1S/C19H19F3N4O4/c1-2-30-18(27)12-6-8-25(9-7-12)17-16(26(28)29)15(23-11-24-17)13-4-3-5-14(10-13)19(20,21)22/h3-5,10-12H,2,6-9H2,1H3. The van der Waals surface area contributed by atoms with Crippen LogP contribution in [0.2, 0.25) is 0 Å². The molecule has 0 atom stereocenters. The Balaban J connectivity index is 1.94. The lowest BCUT2D eigenvalue weighted by atomic mass is 9.97. The molecule has 0 aliphatic carbocycles. The van der Waals surface area contributed by atoms with Crippen molar-refractivity contribution in [2.45, 2.75) is 25.9 Å². The fourth-order valence-electron chi connectivity index (χ4n) is 3.41. The minimum absolute atomic E-state index is 0.0183. The van der Waals surface area contributed by atoms with Crippen LogP contribution in [0.25, 0.3) is 11.3 Å². The molecule has 2 aromatic rings. The van der Waals surface area contributed by atoms with Crippen LogP contribution < -0.4 is 4.90 Å². The van der Waals surface area contributed by atoms with Crippen LogP contribution in [-0.4, -0.2) is 40.6 Å². The molecule has 0 amide bonds. The molecule has 0 bridgehead atoms. The van der Waals surface area contributed by atoms with Crippen molar-refractivity contribution in [3.8, 4) is 11.3 Å². The number of esters is 1. The maximum atomic E-state index is 13.1. The Hall–Kier alpha value is -3.24. The predicted molar refractivity (Wildman–Crippen MR) is 101 cm³/mol. The summed E-state index contributed by atoms with van der Waals surface area (Å²) in [6, 6.07) is 4.22. The Labute approximate surface area is 169 Å². The summed E-state index contributed by atoms with van der Waals surface area (Å²) in [7, 11) is 0. The van der Waals surface area contributed by atoms with E-state index in [-0.39, 0.29) is 35.6 Å². The normalized spacial score (nSPS) is 15.1. The number of ether oxygens (including phenoxy) is 1. The van der Waals surface area contributed by atoms with E-state index < -0.39 is 22.4 Å². The highest BCUT2D eigenvalue weighted by Gasteiger charge is 2.34. The molecule has 1 aromatic heterocycles. The second-order valence-corrected chi connectivity index (χ2v) is 6.74. The van der Waals surface area contributed by atoms with Crippen molar-refractivity contribution in [3.05, 3.63) is 46.3 Å². The number of hydrogen-bond acceptors (Lipinski definition) is 7. The van der Waals surface area contributed by atoms with Crippen molar-refractivity contribution in [1.29, 1.82) is 0 Å². The van der Waals surface area contributed by atoms with E-state index in [1.54, 1.807) is 11.8 Å². The molecule has 0 N–H and O–H groups in total. The first-order valence-electron chi connectivity index (χ1n) is 9.31. The number of aromatic nitrogens is 2. The van der Waals surface area contributed by atoms with Gasteiger partial charge in [0, 0.05) is 18.7 Å². The van der Waals surface area contributed by atoms with Gasteiger partial charge in [0.1, 0.15) is 6.33 Å². The fourth-order valence-corrected chi connectivity index (χ4v) is 3.41. The Morgan fingerprint density at radius 2 is 2.00 bits per heavy atom. The Kier molecular flexibility index (Phi) is 6.18. The number of carbonyl (C=O) groups is 1. The van der Waals surface area contributed by atoms with Gasteiger partial charge in [-0.25, -0.2) is 9.97 Å². The third kappa shape index (κ3) is 4.50. The molecule has 0 spiro atoms. The van der Waals surface area contributed by atoms with E-state index in [0.717, 1.165) is 18.5 Å². The van der Waals surface area contributed by atoms with E-state index in [0.29, 0.717) is 25.9 Å². The first-order chi connectivity index (χ1) is 14.2. The molecular weight excluding hydrogens is 405 g/mol. The molecule has 11 heteroatoms. The summed E-state index contributed by atoms with van der Waals surface area (Å²) >= 11 is 0. The van der Waals surface area contributed by atoms with Crippen LogP contribution in [0.4, 0.5) is 24.7 Å². The first kappa shape index (κ1) is 21.5. The van der Waals surface area contributed by atoms with Gasteiger partial charge in [0.15, 0.2) is 5.69 Å². The van der Waals surface area contributed by atoms with Crippen molar-refractivity contribution in [2.24, 2.45) is 5.92 Å². The zero-order valence-electron chi connectivity index (χ0n) is 16.1. The van der Waals surface area contributed by atoms with Gasteiger partial charge >= 0.3 is 17.8 Å². The first-order valence-corrected chi connectivity index (χ1v) is 9.31. The maximum absolute atomic E-state index is 13.1. The van der Waals surface area contributed by atoms with Gasteiger partial charge in [-0.05, 0) is 31.9 Å². The van der Waals surface area contributed by atoms with E-state index in [1.165, 1.54) is 12.1 Å². The summed E-state index contributed by atoms with van der Waals surface area (Å²) in [4.78, 5) is 32.6. The molecule has 0 unspecified atom stereocenters. The molecule has 0 radical (unpaired) electrons. The number of nitro groups is 1. The van der Waals surface area contributed by atoms with Crippen LogP contribution in [0.15, 0.2) is 30.6 Å². The average molecular weight is 424 g/mol. The van der Waals surface area contributed by atoms with Gasteiger partial charge in [-0.15, -0.1) is 0 Å². The van der Waals surface area contributed by atoms with Gasteiger partial charge in [0.2, 0.25) is 5.82 Å². The molecule has 8 nitrogen and oxygen atoms in total. The lowest BCUT2D eigenvalue weighted by molar-refractivity contribution is -0.383. The van der Waals surface area contributed by atoms with E-state index in [4.69, 9.17) is 4.74 Å². The lowest BCUT2D eigenvalue weighted by Gasteiger charge is -2.31. The summed E-state index contributed by atoms with van der Waals surface area (Å²) in [6.45, 7) is 2.64. The molecular formula is C19H19F3N4O4. The Morgan fingerprint density at radius 1 is 1.30 bits per heavy atom. The van der Waals surface area contributed by atoms with E-state index >= 15 is 0 Å². The summed E-state index contributed by atoms with van der Waals surface area (Å²) in [6.07, 6.45) is -2.64. The van der Waals surface area contributed by atoms with Crippen molar-refractivity contribution in [2.75, 3.05) is 24.6 Å². The number of rotatable bonds is 5. The SMILES string of the molecule is CCOC(=O)C1CCN(c2ncnc(-c3cccc(C(F)(F)F)c3)c2[N+](=O)[O-])CC1. The zero-order chi connectivity index (χ0) is 21.9. The van der Waals surface area contributed by atoms with Crippen LogP contribution in [0, 0.1) is 16.0 Å². The van der Waals surface area contributed by atoms with E-state index in [1.807, 2.05) is 0 Å². The molecule has 0 saturated carbocycles. The van der Waals surface area contributed by atoms with Gasteiger partial charge in [0.25, 0.3) is 0 Å². The third-order valence-electron chi connectivity index (χ3n) is 4.86. The highest BCUT2D eigenvalue weighted by atomic mass is 19.4. The van der Waals surface area contributed by atoms with Crippen molar-refractivity contribution in [3.63, 3.8) is 0 Å². The molecule has 30 heavy (non-hydrogen) atoms. The molecule has 1 aliphatic heterocycles. The summed E-state index contributed by atoms with van der Waals surface area (Å²) < 4.78 is 44.2. The number of hydrogen-bond donors (Lipinski definition) is 0. The second kappa shape index (κ2) is 8.64. The number of piperidine rings is 1. The summed E-state index contributed by atoms with van der Waals surface area (Å²) in [5.41, 5.74) is -1.61. The number of benzene rings is 1. The molecule has 160 valence electrons. The van der Waals surface area contributed by atoms with Gasteiger partial charge in [0.05, 0.1) is 23.0 Å². The maximum Gasteiger partial charge on any atom is 0.416 e. The highest BCUT2D eigenvalue weighted by molar-refractivity contribution is 5.78. The Morgan fingerprint density at radius 3 is 2.60 bits per heavy atom. The third-order valence-corrected chi connectivity index (χ3v) is 4.86. The molecule has 2 heterocycles. The highest BCUT2D eigenvalue weighted by Crippen LogP contribution is 2.38. The fraction of sp³-hybridized carbons (Fsp3) is 0.421. The number of halogens is 3. The van der Waals surface area contributed by atoms with Crippen LogP contribution in [0.3, 0.4) is 0 Å². The van der Waals surface area contributed by atoms with Crippen LogP contribution in [0.5, 0.6) is 0 Å². The van der Waals surface area contributed by atoms with Gasteiger partial charge in [-0.2, -0.15) is 13.2 Å². The molecule has 3 rings (SSSR count). The largest absolute Gasteiger partial charge is 0.466 e. The molecule has 1 fully saturated rings. The van der Waals surface area contributed by atoms with Crippen LogP contribution in [0.1, 0.15) is 25.3 Å². The van der Waals surface area contributed by atoms with Crippen molar-refractivity contribution in [1.82, 2.24) is 9.97 Å². The lowest BCUT2D eigenvalue weighted by Crippen LogP contribution is -2.37. The smallest absolute Gasteiger partial charge is 0.416 e. The summed E-state index contributed by atoms with van der Waals surface area (Å²) in [5, 5.41) is 11.8. The van der Waals surface area contributed by atoms with Crippen molar-refractivity contribution < 1.29 is 27.6 Å². The Bertz CT molecular complexity index is 944. The van der Waals surface area contributed by atoms with Gasteiger partial charge in [-0.1, -0.05) is 12.1 Å². The quantitative estimate of drug-likeness (QED) is 0.408. The van der Waals surface area contributed by atoms with Gasteiger partial charge in [-0.3, -0.25) is 14.9 Å². The molecule has 1 aliphatic rings. The summed E-state index contributed by atoms with van der Waals surface area (Å²) in [5.74, 6) is -0.589. The van der Waals surface area contributed by atoms with Crippen molar-refractivity contribution >= 4 is 17.5 Å².